The fourth-order valence-corrected chi connectivity index (χ4v) is 3.30. The van der Waals surface area contributed by atoms with Gasteiger partial charge < -0.3 is 20.7 Å². The van der Waals surface area contributed by atoms with E-state index < -0.39 is 0 Å². The molecule has 2 rings (SSSR count). The van der Waals surface area contributed by atoms with Crippen molar-refractivity contribution in [3.63, 3.8) is 0 Å². The highest BCUT2D eigenvalue weighted by molar-refractivity contribution is 14.0. The van der Waals surface area contributed by atoms with Crippen molar-refractivity contribution in [2.75, 3.05) is 26.2 Å². The lowest BCUT2D eigenvalue weighted by Gasteiger charge is -2.34. The molecule has 1 heterocycles. The molecule has 1 aliphatic heterocycles. The molecule has 1 amide bonds. The number of rotatable bonds is 8. The minimum Gasteiger partial charge on any atom is -0.493 e. The second-order valence-corrected chi connectivity index (χ2v) is 7.65. The predicted octanol–water partition coefficient (Wildman–Crippen LogP) is 3.39. The van der Waals surface area contributed by atoms with Gasteiger partial charge in [0.2, 0.25) is 5.91 Å². The minimum atomic E-state index is -0.220. The van der Waals surface area contributed by atoms with Crippen LogP contribution < -0.4 is 15.8 Å². The van der Waals surface area contributed by atoms with Gasteiger partial charge in [-0.3, -0.25) is 4.79 Å². The van der Waals surface area contributed by atoms with Gasteiger partial charge in [0.25, 0.3) is 0 Å². The molecule has 0 aromatic heterocycles. The average molecular weight is 502 g/mol. The first kappa shape index (κ1) is 24.5. The Balaban J connectivity index is 0.00000392. The molecule has 158 valence electrons. The van der Waals surface area contributed by atoms with Gasteiger partial charge >= 0.3 is 0 Å². The molecule has 3 N–H and O–H groups in total. The van der Waals surface area contributed by atoms with E-state index >= 15 is 0 Å². The summed E-state index contributed by atoms with van der Waals surface area (Å²) < 4.78 is 5.81. The molecule has 1 aromatic carbocycles. The zero-order valence-corrected chi connectivity index (χ0v) is 19.6. The molecule has 0 spiro atoms. The predicted molar refractivity (Wildman–Crippen MR) is 125 cm³/mol. The second kappa shape index (κ2) is 12.9. The number of hydrogen-bond acceptors (Lipinski definition) is 3. The Morgan fingerprint density at radius 1 is 1.43 bits per heavy atom. The number of aliphatic imine (C=N–C) groups is 1. The molecular formula is C21H35IN4O2. The summed E-state index contributed by atoms with van der Waals surface area (Å²) in [6.07, 6.45) is 2.56. The van der Waals surface area contributed by atoms with E-state index in [9.17, 15) is 4.79 Å². The Labute approximate surface area is 186 Å². The van der Waals surface area contributed by atoms with Crippen molar-refractivity contribution < 1.29 is 9.53 Å². The molecule has 1 aliphatic rings. The second-order valence-electron chi connectivity index (χ2n) is 7.65. The summed E-state index contributed by atoms with van der Waals surface area (Å²) in [5, 5.41) is 3.38. The summed E-state index contributed by atoms with van der Waals surface area (Å²) in [5.74, 6) is 2.38. The van der Waals surface area contributed by atoms with Gasteiger partial charge in [-0.25, -0.2) is 4.99 Å². The van der Waals surface area contributed by atoms with Crippen molar-refractivity contribution in [3.8, 4) is 5.75 Å². The van der Waals surface area contributed by atoms with Gasteiger partial charge in [-0.1, -0.05) is 26.0 Å². The van der Waals surface area contributed by atoms with E-state index in [2.05, 4.69) is 43.1 Å². The highest BCUT2D eigenvalue weighted by Crippen LogP contribution is 2.20. The number of benzene rings is 1. The van der Waals surface area contributed by atoms with Crippen molar-refractivity contribution in [2.24, 2.45) is 22.6 Å². The maximum atomic E-state index is 11.3. The van der Waals surface area contributed by atoms with Crippen LogP contribution in [0.2, 0.25) is 0 Å². The Hall–Kier alpha value is -1.51. The number of nitrogens with two attached hydrogens (primary N) is 1. The maximum absolute atomic E-state index is 11.3. The van der Waals surface area contributed by atoms with Crippen molar-refractivity contribution in [2.45, 2.75) is 46.6 Å². The summed E-state index contributed by atoms with van der Waals surface area (Å²) in [5.41, 5.74) is 6.50. The molecule has 6 nitrogen and oxygen atoms in total. The number of nitrogens with zero attached hydrogens (tertiary/aromatic N) is 2. The molecule has 0 bridgehead atoms. The van der Waals surface area contributed by atoms with E-state index in [-0.39, 0.29) is 29.9 Å². The number of primary amides is 1. The first-order valence-corrected chi connectivity index (χ1v) is 10.0. The highest BCUT2D eigenvalue weighted by atomic mass is 127. The van der Waals surface area contributed by atoms with E-state index in [0.717, 1.165) is 49.7 Å². The van der Waals surface area contributed by atoms with Crippen molar-refractivity contribution >= 4 is 35.8 Å². The summed E-state index contributed by atoms with van der Waals surface area (Å²) in [4.78, 5) is 18.3. The molecular weight excluding hydrogens is 467 g/mol. The molecule has 28 heavy (non-hydrogen) atoms. The minimum absolute atomic E-state index is 0. The van der Waals surface area contributed by atoms with Gasteiger partial charge in [0.05, 0.1) is 13.2 Å². The van der Waals surface area contributed by atoms with Gasteiger partial charge in [-0.2, -0.15) is 0 Å². The van der Waals surface area contributed by atoms with Crippen LogP contribution in [0.1, 0.15) is 45.6 Å². The normalized spacial score (nSPS) is 17.2. The van der Waals surface area contributed by atoms with E-state index in [0.29, 0.717) is 31.4 Å². The number of hydrogen-bond donors (Lipinski definition) is 2. The Morgan fingerprint density at radius 3 is 2.89 bits per heavy atom. The Morgan fingerprint density at radius 2 is 2.21 bits per heavy atom. The third-order valence-corrected chi connectivity index (χ3v) is 4.54. The van der Waals surface area contributed by atoms with Crippen molar-refractivity contribution in [1.82, 2.24) is 10.2 Å². The van der Waals surface area contributed by atoms with E-state index in [1.807, 2.05) is 12.1 Å². The number of likely N-dealkylation sites (tertiary alicyclic amines) is 1. The van der Waals surface area contributed by atoms with Gasteiger partial charge in [0, 0.05) is 26.1 Å². The molecule has 1 saturated heterocycles. The number of carbonyl (C=O) groups excluding carboxylic acids is 1. The molecule has 7 heteroatoms. The fourth-order valence-electron chi connectivity index (χ4n) is 3.30. The lowest BCUT2D eigenvalue weighted by Crippen LogP contribution is -2.47. The number of amides is 1. The van der Waals surface area contributed by atoms with Crippen LogP contribution in [0, 0.1) is 11.8 Å². The Bertz CT molecular complexity index is 637. The van der Waals surface area contributed by atoms with Crippen LogP contribution in [0.25, 0.3) is 0 Å². The number of nitrogens with one attached hydrogen (secondary N) is 1. The van der Waals surface area contributed by atoms with Gasteiger partial charge in [0.15, 0.2) is 5.96 Å². The van der Waals surface area contributed by atoms with Crippen LogP contribution in [0.4, 0.5) is 0 Å². The third kappa shape index (κ3) is 8.67. The summed E-state index contributed by atoms with van der Waals surface area (Å²) >= 11 is 0. The topological polar surface area (TPSA) is 80.0 Å². The zero-order valence-electron chi connectivity index (χ0n) is 17.3. The fraction of sp³-hybridized carbons (Fsp3) is 0.619. The molecule has 1 aromatic rings. The van der Waals surface area contributed by atoms with Crippen LogP contribution in [-0.4, -0.2) is 43.0 Å². The molecule has 1 atom stereocenters. The van der Waals surface area contributed by atoms with E-state index in [1.54, 1.807) is 0 Å². The summed E-state index contributed by atoms with van der Waals surface area (Å²) in [6.45, 7) is 10.3. The molecule has 1 unspecified atom stereocenters. The third-order valence-electron chi connectivity index (χ3n) is 4.54. The first-order valence-electron chi connectivity index (χ1n) is 10.0. The number of guanidine groups is 1. The molecule has 0 radical (unpaired) electrons. The number of ether oxygens (including phenoxy) is 1. The number of carbonyl (C=O) groups is 1. The van der Waals surface area contributed by atoms with Crippen LogP contribution >= 0.6 is 24.0 Å². The lowest BCUT2D eigenvalue weighted by atomic mass is 9.95. The van der Waals surface area contributed by atoms with E-state index in [1.165, 1.54) is 0 Å². The van der Waals surface area contributed by atoms with Crippen LogP contribution in [0.15, 0.2) is 29.3 Å². The first-order chi connectivity index (χ1) is 13.0. The smallest absolute Gasteiger partial charge is 0.217 e. The zero-order chi connectivity index (χ0) is 19.6. The SMILES string of the molecule is CCNC(=NCc1cccc(OCC(C)C)c1)N1CCCC(CC(N)=O)C1.I. The molecule has 1 fully saturated rings. The van der Waals surface area contributed by atoms with Crippen molar-refractivity contribution in [1.29, 1.82) is 0 Å². The number of halogens is 1. The average Bonchev–Trinajstić information content (AvgIpc) is 2.63. The monoisotopic (exact) mass is 502 g/mol. The Kier molecular flexibility index (Phi) is 11.3. The molecule has 0 aliphatic carbocycles. The quantitative estimate of drug-likeness (QED) is 0.325. The van der Waals surface area contributed by atoms with Crippen LogP contribution in [-0.2, 0) is 11.3 Å². The maximum Gasteiger partial charge on any atom is 0.217 e. The van der Waals surface area contributed by atoms with Gasteiger partial charge in [-0.05, 0) is 49.3 Å². The highest BCUT2D eigenvalue weighted by Gasteiger charge is 2.23. The number of piperidine rings is 1. The standard InChI is InChI=1S/C21H34N4O2.HI/c1-4-23-21(25-10-6-8-18(14-25)12-20(22)26)24-13-17-7-5-9-19(11-17)27-15-16(2)3;/h5,7,9,11,16,18H,4,6,8,10,12-15H2,1-3H3,(H2,22,26)(H,23,24);1H. The largest absolute Gasteiger partial charge is 0.493 e. The van der Waals surface area contributed by atoms with E-state index in [4.69, 9.17) is 15.5 Å². The summed E-state index contributed by atoms with van der Waals surface area (Å²) in [6, 6.07) is 8.13. The summed E-state index contributed by atoms with van der Waals surface area (Å²) in [7, 11) is 0. The van der Waals surface area contributed by atoms with Crippen molar-refractivity contribution in [3.05, 3.63) is 29.8 Å². The lowest BCUT2D eigenvalue weighted by molar-refractivity contribution is -0.119. The molecule has 0 saturated carbocycles. The van der Waals surface area contributed by atoms with Gasteiger partial charge in [0.1, 0.15) is 5.75 Å². The van der Waals surface area contributed by atoms with Crippen LogP contribution in [0.5, 0.6) is 5.75 Å². The van der Waals surface area contributed by atoms with Gasteiger partial charge in [-0.15, -0.1) is 24.0 Å². The van der Waals surface area contributed by atoms with Crippen LogP contribution in [0.3, 0.4) is 0 Å².